The summed E-state index contributed by atoms with van der Waals surface area (Å²) >= 11 is 3.79. The van der Waals surface area contributed by atoms with Gasteiger partial charge in [-0.1, -0.05) is 15.9 Å². The molecule has 25 heavy (non-hydrogen) atoms. The number of ether oxygens (including phenoxy) is 1. The zero-order valence-electron chi connectivity index (χ0n) is 14.4. The van der Waals surface area contributed by atoms with E-state index in [0.717, 1.165) is 31.5 Å². The van der Waals surface area contributed by atoms with Crippen LogP contribution in [0.2, 0.25) is 0 Å². The Kier molecular flexibility index (Phi) is 5.54. The third-order valence-corrected chi connectivity index (χ3v) is 6.02. The van der Waals surface area contributed by atoms with Gasteiger partial charge in [-0.2, -0.15) is 0 Å². The van der Waals surface area contributed by atoms with Crippen LogP contribution in [0.25, 0.3) is 11.0 Å². The Labute approximate surface area is 154 Å². The van der Waals surface area contributed by atoms with E-state index in [0.29, 0.717) is 17.0 Å². The molecule has 0 saturated carbocycles. The highest BCUT2D eigenvalue weighted by atomic mass is 79.9. The maximum Gasteiger partial charge on any atom is 0.343 e. The number of likely N-dealkylation sites (tertiary alicyclic amines) is 1. The quantitative estimate of drug-likeness (QED) is 0.622. The van der Waals surface area contributed by atoms with Crippen LogP contribution in [0, 0.1) is 5.92 Å². The summed E-state index contributed by atoms with van der Waals surface area (Å²) in [5.41, 5.74) is 1.11. The molecule has 134 valence electrons. The fourth-order valence-corrected chi connectivity index (χ4v) is 4.00. The van der Waals surface area contributed by atoms with E-state index < -0.39 is 5.97 Å². The first-order chi connectivity index (χ1) is 12.0. The minimum atomic E-state index is -0.609. The molecule has 1 fully saturated rings. The number of rotatable bonds is 4. The summed E-state index contributed by atoms with van der Waals surface area (Å²) in [5.74, 6) is -0.107. The summed E-state index contributed by atoms with van der Waals surface area (Å²) < 4.78 is 4.95. The van der Waals surface area contributed by atoms with Crippen LogP contribution in [-0.4, -0.2) is 47.6 Å². The molecule has 2 aromatic rings. The lowest BCUT2D eigenvalue weighted by molar-refractivity contribution is 0.0524. The molecule has 1 atom stereocenters. The van der Waals surface area contributed by atoms with Gasteiger partial charge in [0.15, 0.2) is 0 Å². The van der Waals surface area contributed by atoms with Gasteiger partial charge in [-0.3, -0.25) is 4.79 Å². The molecule has 0 amide bonds. The van der Waals surface area contributed by atoms with Crippen LogP contribution >= 0.6 is 15.9 Å². The van der Waals surface area contributed by atoms with Crippen molar-refractivity contribution in [2.75, 3.05) is 26.7 Å². The Balaban J connectivity index is 1.94. The Morgan fingerprint density at radius 3 is 2.88 bits per heavy atom. The number of fused-ring (bicyclic) bond motifs is 1. The molecule has 1 aliphatic heterocycles. The number of hydrogen-bond donors (Lipinski definition) is 1. The molecule has 0 aromatic carbocycles. The predicted molar refractivity (Wildman–Crippen MR) is 100 cm³/mol. The third kappa shape index (κ3) is 3.77. The highest BCUT2D eigenvalue weighted by Crippen LogP contribution is 2.37. The van der Waals surface area contributed by atoms with Gasteiger partial charge in [-0.05, 0) is 57.5 Å². The number of aromatic nitrogens is 2. The summed E-state index contributed by atoms with van der Waals surface area (Å²) in [6, 6.07) is 1.83. The number of nitrogens with one attached hydrogen (secondary N) is 1. The number of hydrogen-bond acceptors (Lipinski definition) is 5. The second-order valence-electron chi connectivity index (χ2n) is 6.46. The molecule has 0 spiro atoms. The lowest BCUT2D eigenvalue weighted by atomic mass is 9.90. The van der Waals surface area contributed by atoms with Crippen molar-refractivity contribution < 1.29 is 9.53 Å². The molecule has 0 aliphatic carbocycles. The van der Waals surface area contributed by atoms with Crippen molar-refractivity contribution in [2.45, 2.75) is 24.6 Å². The second kappa shape index (κ2) is 7.66. The Morgan fingerprint density at radius 1 is 1.48 bits per heavy atom. The smallest absolute Gasteiger partial charge is 0.343 e. The number of alkyl halides is 1. The molecule has 1 aliphatic rings. The third-order valence-electron chi connectivity index (χ3n) is 4.74. The van der Waals surface area contributed by atoms with E-state index in [1.807, 2.05) is 6.07 Å². The minimum absolute atomic E-state index is 0.0127. The molecule has 0 bridgehead atoms. The Bertz CT molecular complexity index is 828. The van der Waals surface area contributed by atoms with E-state index in [4.69, 9.17) is 4.74 Å². The Hall–Kier alpha value is -1.73. The summed E-state index contributed by atoms with van der Waals surface area (Å²) in [7, 11) is 2.13. The first kappa shape index (κ1) is 18.1. The van der Waals surface area contributed by atoms with E-state index in [1.54, 1.807) is 13.1 Å². The van der Waals surface area contributed by atoms with Crippen molar-refractivity contribution in [3.05, 3.63) is 39.8 Å². The van der Waals surface area contributed by atoms with Crippen LogP contribution in [-0.2, 0) is 4.74 Å². The van der Waals surface area contributed by atoms with Gasteiger partial charge in [0.1, 0.15) is 11.2 Å². The number of carbonyl (C=O) groups excluding carboxylic acids is 1. The number of carbonyl (C=O) groups is 1. The zero-order valence-corrected chi connectivity index (χ0v) is 16.0. The summed E-state index contributed by atoms with van der Waals surface area (Å²) in [4.78, 5) is 34.3. The molecule has 1 unspecified atom stereocenters. The first-order valence-electron chi connectivity index (χ1n) is 8.52. The van der Waals surface area contributed by atoms with Gasteiger partial charge >= 0.3 is 5.97 Å². The number of nitrogens with zero attached hydrogens (tertiary/aromatic N) is 2. The van der Waals surface area contributed by atoms with Crippen molar-refractivity contribution >= 4 is 32.9 Å². The molecular weight excluding hydrogens is 386 g/mol. The zero-order chi connectivity index (χ0) is 18.0. The number of halogens is 1. The molecule has 2 aromatic heterocycles. The predicted octanol–water partition coefficient (Wildman–Crippen LogP) is 2.88. The second-order valence-corrected chi connectivity index (χ2v) is 7.45. The van der Waals surface area contributed by atoms with Crippen LogP contribution in [0.4, 0.5) is 0 Å². The van der Waals surface area contributed by atoms with E-state index >= 15 is 0 Å². The van der Waals surface area contributed by atoms with Gasteiger partial charge in [-0.25, -0.2) is 9.78 Å². The summed E-state index contributed by atoms with van der Waals surface area (Å²) in [6.45, 7) is 4.08. The van der Waals surface area contributed by atoms with Crippen LogP contribution in [0.5, 0.6) is 0 Å². The van der Waals surface area contributed by atoms with E-state index in [1.165, 1.54) is 6.20 Å². The molecular formula is C18H22BrN3O3. The molecule has 0 radical (unpaired) electrons. The van der Waals surface area contributed by atoms with Crippen LogP contribution < -0.4 is 5.43 Å². The number of piperidine rings is 1. The Morgan fingerprint density at radius 2 is 2.20 bits per heavy atom. The molecule has 1 saturated heterocycles. The molecule has 1 N–H and O–H groups in total. The van der Waals surface area contributed by atoms with Gasteiger partial charge in [-0.15, -0.1) is 0 Å². The minimum Gasteiger partial charge on any atom is -0.462 e. The fourth-order valence-electron chi connectivity index (χ4n) is 3.22. The van der Waals surface area contributed by atoms with Gasteiger partial charge in [0.05, 0.1) is 12.0 Å². The van der Waals surface area contributed by atoms with Gasteiger partial charge in [0, 0.05) is 17.2 Å². The number of H-pyrrole nitrogens is 1. The lowest BCUT2D eigenvalue weighted by Gasteiger charge is -2.32. The maximum atomic E-state index is 12.7. The average molecular weight is 408 g/mol. The van der Waals surface area contributed by atoms with Crippen molar-refractivity contribution in [3.8, 4) is 0 Å². The maximum absolute atomic E-state index is 12.7. The van der Waals surface area contributed by atoms with Crippen LogP contribution in [0.15, 0.2) is 23.3 Å². The summed E-state index contributed by atoms with van der Waals surface area (Å²) in [6.07, 6.45) is 5.37. The topological polar surface area (TPSA) is 75.3 Å². The number of esters is 1. The van der Waals surface area contributed by atoms with E-state index in [-0.39, 0.29) is 22.4 Å². The highest BCUT2D eigenvalue weighted by Gasteiger charge is 2.25. The SMILES string of the molecule is CCOC(=O)c1c[nH]c2ncc(C(Br)C3CCN(C)CC3)cc2c1=O. The monoisotopic (exact) mass is 407 g/mol. The van der Waals surface area contributed by atoms with Crippen molar-refractivity contribution in [3.63, 3.8) is 0 Å². The molecule has 6 nitrogen and oxygen atoms in total. The number of aromatic amines is 1. The lowest BCUT2D eigenvalue weighted by Crippen LogP contribution is -2.31. The fraction of sp³-hybridized carbons (Fsp3) is 0.500. The highest BCUT2D eigenvalue weighted by molar-refractivity contribution is 9.09. The van der Waals surface area contributed by atoms with E-state index in [2.05, 4.69) is 37.8 Å². The standard InChI is InChI=1S/C18H22BrN3O3/c1-3-25-18(24)14-10-21-17-13(16(14)23)8-12(9-20-17)15(19)11-4-6-22(2)7-5-11/h8-11,15H,3-7H2,1-2H3,(H,20,21,23). The van der Waals surface area contributed by atoms with Gasteiger partial charge in [0.2, 0.25) is 5.43 Å². The van der Waals surface area contributed by atoms with Crippen LogP contribution in [0.3, 0.4) is 0 Å². The van der Waals surface area contributed by atoms with Crippen molar-refractivity contribution in [1.82, 2.24) is 14.9 Å². The largest absolute Gasteiger partial charge is 0.462 e. The molecule has 7 heteroatoms. The van der Waals surface area contributed by atoms with E-state index in [9.17, 15) is 9.59 Å². The first-order valence-corrected chi connectivity index (χ1v) is 9.44. The average Bonchev–Trinajstić information content (AvgIpc) is 2.62. The molecule has 3 heterocycles. The van der Waals surface area contributed by atoms with Crippen LogP contribution in [0.1, 0.15) is 40.5 Å². The van der Waals surface area contributed by atoms with Crippen molar-refractivity contribution in [2.24, 2.45) is 5.92 Å². The molecule has 3 rings (SSSR count). The summed E-state index contributed by atoms with van der Waals surface area (Å²) in [5, 5.41) is 0.417. The van der Waals surface area contributed by atoms with Gasteiger partial charge in [0.25, 0.3) is 0 Å². The van der Waals surface area contributed by atoms with Gasteiger partial charge < -0.3 is 14.6 Å². The van der Waals surface area contributed by atoms with Crippen molar-refractivity contribution in [1.29, 1.82) is 0 Å². The normalized spacial score (nSPS) is 17.6. The number of pyridine rings is 2.